The smallest absolute Gasteiger partial charge is 0.330 e. The van der Waals surface area contributed by atoms with E-state index in [1.54, 1.807) is 11.8 Å². The van der Waals surface area contributed by atoms with Gasteiger partial charge in [0.05, 0.1) is 0 Å². The Labute approximate surface area is 99.6 Å². The lowest BCUT2D eigenvalue weighted by atomic mass is 9.99. The SMILES string of the molecule is CN(C)CCC(=O)NC1(C(=O)O)CCSC1. The molecule has 0 radical (unpaired) electrons. The fourth-order valence-electron chi connectivity index (χ4n) is 1.54. The summed E-state index contributed by atoms with van der Waals surface area (Å²) in [6.45, 7) is 0.634. The molecule has 0 aromatic carbocycles. The molecule has 1 fully saturated rings. The number of hydrogen-bond donors (Lipinski definition) is 2. The summed E-state index contributed by atoms with van der Waals surface area (Å²) in [5, 5.41) is 11.8. The third-order valence-electron chi connectivity index (χ3n) is 2.60. The molecule has 1 aliphatic rings. The van der Waals surface area contributed by atoms with Gasteiger partial charge in [0.1, 0.15) is 5.54 Å². The summed E-state index contributed by atoms with van der Waals surface area (Å²) in [6, 6.07) is 0. The molecule has 1 heterocycles. The van der Waals surface area contributed by atoms with Gasteiger partial charge in [-0.05, 0) is 26.3 Å². The van der Waals surface area contributed by atoms with E-state index in [1.165, 1.54) is 0 Å². The van der Waals surface area contributed by atoms with Gasteiger partial charge in [0.2, 0.25) is 5.91 Å². The van der Waals surface area contributed by atoms with E-state index in [0.29, 0.717) is 25.1 Å². The molecule has 92 valence electrons. The third kappa shape index (κ3) is 3.38. The van der Waals surface area contributed by atoms with Gasteiger partial charge in [-0.25, -0.2) is 4.79 Å². The largest absolute Gasteiger partial charge is 0.479 e. The van der Waals surface area contributed by atoms with Gasteiger partial charge in [-0.2, -0.15) is 11.8 Å². The van der Waals surface area contributed by atoms with Gasteiger partial charge in [-0.3, -0.25) is 4.79 Å². The average molecular weight is 246 g/mol. The summed E-state index contributed by atoms with van der Waals surface area (Å²) in [5.41, 5.74) is -1.03. The van der Waals surface area contributed by atoms with E-state index >= 15 is 0 Å². The number of aliphatic carboxylic acids is 1. The monoisotopic (exact) mass is 246 g/mol. The van der Waals surface area contributed by atoms with Gasteiger partial charge < -0.3 is 15.3 Å². The van der Waals surface area contributed by atoms with Gasteiger partial charge in [0, 0.05) is 18.7 Å². The van der Waals surface area contributed by atoms with Crippen molar-refractivity contribution in [2.75, 3.05) is 32.1 Å². The first-order valence-electron chi connectivity index (χ1n) is 5.23. The minimum Gasteiger partial charge on any atom is -0.479 e. The highest BCUT2D eigenvalue weighted by Crippen LogP contribution is 2.28. The van der Waals surface area contributed by atoms with Crippen LogP contribution in [0.4, 0.5) is 0 Å². The van der Waals surface area contributed by atoms with Crippen LogP contribution in [0.3, 0.4) is 0 Å². The lowest BCUT2D eigenvalue weighted by Crippen LogP contribution is -2.55. The van der Waals surface area contributed by atoms with Gasteiger partial charge in [-0.1, -0.05) is 0 Å². The van der Waals surface area contributed by atoms with E-state index in [4.69, 9.17) is 5.11 Å². The standard InChI is InChI=1S/C10H18N2O3S/c1-12(2)5-3-8(13)11-10(9(14)15)4-6-16-7-10/h3-7H2,1-2H3,(H,11,13)(H,14,15). The first kappa shape index (κ1) is 13.3. The van der Waals surface area contributed by atoms with Crippen LogP contribution in [0, 0.1) is 0 Å². The maximum atomic E-state index is 11.6. The first-order valence-corrected chi connectivity index (χ1v) is 6.39. The highest BCUT2D eigenvalue weighted by atomic mass is 32.2. The van der Waals surface area contributed by atoms with Gasteiger partial charge >= 0.3 is 5.97 Å². The Morgan fingerprint density at radius 1 is 1.50 bits per heavy atom. The molecule has 0 spiro atoms. The van der Waals surface area contributed by atoms with Crippen molar-refractivity contribution in [1.82, 2.24) is 10.2 Å². The summed E-state index contributed by atoms with van der Waals surface area (Å²) in [5.74, 6) is 0.158. The number of nitrogens with one attached hydrogen (secondary N) is 1. The van der Waals surface area contributed by atoms with E-state index < -0.39 is 11.5 Å². The summed E-state index contributed by atoms with van der Waals surface area (Å²) >= 11 is 1.57. The molecule has 6 heteroatoms. The second-order valence-electron chi connectivity index (χ2n) is 4.29. The molecule has 0 saturated carbocycles. The Balaban J connectivity index is 2.49. The van der Waals surface area contributed by atoms with E-state index in [-0.39, 0.29) is 5.91 Å². The zero-order valence-corrected chi connectivity index (χ0v) is 10.5. The normalized spacial score (nSPS) is 24.7. The van der Waals surface area contributed by atoms with Crippen molar-refractivity contribution in [3.63, 3.8) is 0 Å². The summed E-state index contributed by atoms with van der Waals surface area (Å²) < 4.78 is 0. The van der Waals surface area contributed by atoms with Crippen LogP contribution in [-0.2, 0) is 9.59 Å². The fourth-order valence-corrected chi connectivity index (χ4v) is 2.87. The van der Waals surface area contributed by atoms with E-state index in [9.17, 15) is 9.59 Å². The number of carboxylic acids is 1. The topological polar surface area (TPSA) is 69.6 Å². The maximum Gasteiger partial charge on any atom is 0.330 e. The van der Waals surface area contributed by atoms with Crippen LogP contribution in [0.1, 0.15) is 12.8 Å². The molecule has 1 unspecified atom stereocenters. The Bertz CT molecular complexity index is 275. The maximum absolute atomic E-state index is 11.6. The molecule has 1 aliphatic heterocycles. The van der Waals surface area contributed by atoms with Crippen molar-refractivity contribution in [2.45, 2.75) is 18.4 Å². The molecule has 1 amide bonds. The zero-order valence-electron chi connectivity index (χ0n) is 9.65. The molecular weight excluding hydrogens is 228 g/mol. The number of thioether (sulfide) groups is 1. The number of carbonyl (C=O) groups excluding carboxylic acids is 1. The number of carboxylic acid groups (broad SMARTS) is 1. The van der Waals surface area contributed by atoms with Crippen molar-refractivity contribution in [3.05, 3.63) is 0 Å². The van der Waals surface area contributed by atoms with Crippen LogP contribution < -0.4 is 5.32 Å². The second kappa shape index (κ2) is 5.54. The van der Waals surface area contributed by atoms with Crippen molar-refractivity contribution < 1.29 is 14.7 Å². The molecule has 5 nitrogen and oxygen atoms in total. The molecule has 0 aromatic heterocycles. The lowest BCUT2D eigenvalue weighted by molar-refractivity contribution is -0.146. The summed E-state index contributed by atoms with van der Waals surface area (Å²) in [7, 11) is 3.76. The Kier molecular flexibility index (Phi) is 4.61. The molecule has 2 N–H and O–H groups in total. The van der Waals surface area contributed by atoms with Crippen molar-refractivity contribution in [2.24, 2.45) is 0 Å². The summed E-state index contributed by atoms with van der Waals surface area (Å²) in [6.07, 6.45) is 0.855. The molecule has 1 rings (SSSR count). The predicted octanol–water partition coefficient (Wildman–Crippen LogP) is 0.0146. The fraction of sp³-hybridized carbons (Fsp3) is 0.800. The van der Waals surface area contributed by atoms with Crippen LogP contribution in [0.5, 0.6) is 0 Å². The Morgan fingerprint density at radius 3 is 2.62 bits per heavy atom. The predicted molar refractivity (Wildman–Crippen MR) is 63.6 cm³/mol. The van der Waals surface area contributed by atoms with Crippen molar-refractivity contribution in [1.29, 1.82) is 0 Å². The molecule has 0 bridgehead atoms. The van der Waals surface area contributed by atoms with Crippen molar-refractivity contribution in [3.8, 4) is 0 Å². The zero-order chi connectivity index (χ0) is 12.2. The van der Waals surface area contributed by atoms with E-state index in [2.05, 4.69) is 5.32 Å². The molecule has 1 saturated heterocycles. The highest BCUT2D eigenvalue weighted by Gasteiger charge is 2.43. The lowest BCUT2D eigenvalue weighted by Gasteiger charge is -2.24. The Morgan fingerprint density at radius 2 is 2.19 bits per heavy atom. The second-order valence-corrected chi connectivity index (χ2v) is 5.40. The molecule has 0 aromatic rings. The number of amides is 1. The van der Waals surface area contributed by atoms with Gasteiger partial charge in [-0.15, -0.1) is 0 Å². The van der Waals surface area contributed by atoms with Crippen LogP contribution in [0.25, 0.3) is 0 Å². The third-order valence-corrected chi connectivity index (χ3v) is 3.79. The van der Waals surface area contributed by atoms with Crippen LogP contribution >= 0.6 is 11.8 Å². The number of carbonyl (C=O) groups is 2. The molecular formula is C10H18N2O3S. The minimum atomic E-state index is -1.03. The molecule has 1 atom stereocenters. The van der Waals surface area contributed by atoms with Crippen LogP contribution in [0.15, 0.2) is 0 Å². The van der Waals surface area contributed by atoms with Crippen LogP contribution in [-0.4, -0.2) is 59.6 Å². The molecule has 0 aliphatic carbocycles. The van der Waals surface area contributed by atoms with E-state index in [0.717, 1.165) is 5.75 Å². The van der Waals surface area contributed by atoms with Crippen LogP contribution in [0.2, 0.25) is 0 Å². The first-order chi connectivity index (χ1) is 7.46. The quantitative estimate of drug-likeness (QED) is 0.715. The van der Waals surface area contributed by atoms with E-state index in [1.807, 2.05) is 19.0 Å². The number of rotatable bonds is 5. The number of nitrogens with zero attached hydrogens (tertiary/aromatic N) is 1. The van der Waals surface area contributed by atoms with Gasteiger partial charge in [0.25, 0.3) is 0 Å². The average Bonchev–Trinajstić information content (AvgIpc) is 2.64. The minimum absolute atomic E-state index is 0.182. The highest BCUT2D eigenvalue weighted by molar-refractivity contribution is 7.99. The Hall–Kier alpha value is -0.750. The van der Waals surface area contributed by atoms with Gasteiger partial charge in [0.15, 0.2) is 0 Å². The van der Waals surface area contributed by atoms with Crippen molar-refractivity contribution >= 4 is 23.6 Å². The summed E-state index contributed by atoms with van der Waals surface area (Å²) in [4.78, 5) is 24.7. The molecule has 16 heavy (non-hydrogen) atoms. The number of hydrogen-bond acceptors (Lipinski definition) is 4.